The first-order chi connectivity index (χ1) is 9.08. The lowest BCUT2D eigenvalue weighted by Crippen LogP contribution is -2.15. The maximum absolute atomic E-state index is 11.8. The highest BCUT2D eigenvalue weighted by molar-refractivity contribution is 7.17. The van der Waals surface area contributed by atoms with Crippen molar-refractivity contribution >= 4 is 28.2 Å². The molecular weight excluding hydrogens is 262 g/mol. The predicted octanol–water partition coefficient (Wildman–Crippen LogP) is 3.23. The average Bonchev–Trinajstić information content (AvgIpc) is 3.11. The summed E-state index contributed by atoms with van der Waals surface area (Å²) in [5.41, 5.74) is 1.29. The Balaban J connectivity index is 1.98. The van der Waals surface area contributed by atoms with Crippen molar-refractivity contribution in [1.82, 2.24) is 0 Å². The van der Waals surface area contributed by atoms with Crippen LogP contribution in [-0.2, 0) is 11.2 Å². The van der Waals surface area contributed by atoms with E-state index in [2.05, 4.69) is 12.2 Å². The van der Waals surface area contributed by atoms with E-state index in [1.807, 2.05) is 0 Å². The average molecular weight is 279 g/mol. The smallest absolute Gasteiger partial charge is 0.339 e. The van der Waals surface area contributed by atoms with Gasteiger partial charge in [-0.15, -0.1) is 11.3 Å². The predicted molar refractivity (Wildman–Crippen MR) is 74.0 cm³/mol. The van der Waals surface area contributed by atoms with Crippen LogP contribution in [0, 0.1) is 5.92 Å². The summed E-state index contributed by atoms with van der Waals surface area (Å²) in [4.78, 5) is 24.5. The van der Waals surface area contributed by atoms with Crippen molar-refractivity contribution in [3.63, 3.8) is 0 Å². The fourth-order valence-electron chi connectivity index (χ4n) is 2.77. The number of carboxylic acids is 1. The van der Waals surface area contributed by atoms with E-state index in [1.165, 1.54) is 11.3 Å². The number of carbonyl (C=O) groups excluding carboxylic acids is 1. The van der Waals surface area contributed by atoms with Crippen LogP contribution in [0.1, 0.15) is 59.3 Å². The third kappa shape index (κ3) is 2.27. The number of aromatic carboxylic acids is 1. The van der Waals surface area contributed by atoms with Gasteiger partial charge < -0.3 is 10.4 Å². The zero-order valence-corrected chi connectivity index (χ0v) is 11.7. The quantitative estimate of drug-likeness (QED) is 0.892. The first kappa shape index (κ1) is 12.7. The Morgan fingerprint density at radius 3 is 2.68 bits per heavy atom. The molecule has 0 radical (unpaired) electrons. The molecule has 1 heterocycles. The van der Waals surface area contributed by atoms with Crippen molar-refractivity contribution in [2.45, 2.75) is 44.9 Å². The van der Waals surface area contributed by atoms with Gasteiger partial charge in [0.25, 0.3) is 0 Å². The third-order valence-corrected chi connectivity index (χ3v) is 5.14. The minimum absolute atomic E-state index is 0.0197. The van der Waals surface area contributed by atoms with Gasteiger partial charge in [0.1, 0.15) is 5.00 Å². The highest BCUT2D eigenvalue weighted by atomic mass is 32.1. The number of nitrogens with one attached hydrogen (secondary N) is 1. The van der Waals surface area contributed by atoms with Gasteiger partial charge in [-0.05, 0) is 43.6 Å². The Labute approximate surface area is 115 Å². The number of thiophene rings is 1. The molecule has 0 aromatic carbocycles. The van der Waals surface area contributed by atoms with Crippen LogP contribution >= 0.6 is 11.3 Å². The summed E-state index contributed by atoms with van der Waals surface area (Å²) < 4.78 is 0. The molecule has 1 atom stereocenters. The molecule has 1 unspecified atom stereocenters. The van der Waals surface area contributed by atoms with Crippen LogP contribution in [0.15, 0.2) is 0 Å². The molecule has 0 spiro atoms. The number of anilines is 1. The van der Waals surface area contributed by atoms with Gasteiger partial charge >= 0.3 is 5.97 Å². The van der Waals surface area contributed by atoms with E-state index in [0.29, 0.717) is 10.6 Å². The summed E-state index contributed by atoms with van der Waals surface area (Å²) in [6.07, 6.45) is 4.92. The van der Waals surface area contributed by atoms with E-state index in [-0.39, 0.29) is 17.7 Å². The van der Waals surface area contributed by atoms with Crippen LogP contribution in [-0.4, -0.2) is 17.0 Å². The number of carbonyl (C=O) groups is 2. The van der Waals surface area contributed by atoms with E-state index >= 15 is 0 Å². The normalized spacial score (nSPS) is 21.8. The molecule has 1 amide bonds. The molecule has 19 heavy (non-hydrogen) atoms. The highest BCUT2D eigenvalue weighted by Crippen LogP contribution is 2.44. The molecule has 1 fully saturated rings. The third-order valence-electron chi connectivity index (χ3n) is 3.95. The lowest BCUT2D eigenvalue weighted by Gasteiger charge is -2.19. The summed E-state index contributed by atoms with van der Waals surface area (Å²) in [5.74, 6) is -0.568. The number of hydrogen-bond acceptors (Lipinski definition) is 3. The van der Waals surface area contributed by atoms with Gasteiger partial charge in [0.2, 0.25) is 5.91 Å². The van der Waals surface area contributed by atoms with E-state index < -0.39 is 5.97 Å². The van der Waals surface area contributed by atoms with Crippen LogP contribution in [0.2, 0.25) is 0 Å². The van der Waals surface area contributed by atoms with Crippen molar-refractivity contribution < 1.29 is 14.7 Å². The summed E-state index contributed by atoms with van der Waals surface area (Å²) in [7, 11) is 0. The molecule has 102 valence electrons. The first-order valence-corrected chi connectivity index (χ1v) is 7.59. The molecule has 0 bridgehead atoms. The number of fused-ring (bicyclic) bond motifs is 1. The molecule has 0 saturated heterocycles. The number of aryl methyl sites for hydroxylation is 1. The fraction of sp³-hybridized carbons (Fsp3) is 0.571. The molecule has 1 saturated carbocycles. The van der Waals surface area contributed by atoms with Crippen molar-refractivity contribution in [3.05, 3.63) is 16.0 Å². The molecule has 2 aliphatic carbocycles. The lowest BCUT2D eigenvalue weighted by atomic mass is 9.86. The topological polar surface area (TPSA) is 66.4 Å². The van der Waals surface area contributed by atoms with Crippen molar-refractivity contribution in [1.29, 1.82) is 0 Å². The maximum atomic E-state index is 11.8. The minimum Gasteiger partial charge on any atom is -0.478 e. The van der Waals surface area contributed by atoms with Crippen LogP contribution in [0.5, 0.6) is 0 Å². The molecule has 4 nitrogen and oxygen atoms in total. The molecule has 2 aliphatic rings. The molecule has 1 aromatic heterocycles. The second-order valence-electron chi connectivity index (χ2n) is 5.50. The Morgan fingerprint density at radius 2 is 2.05 bits per heavy atom. The highest BCUT2D eigenvalue weighted by Gasteiger charge is 2.33. The number of hydrogen-bond donors (Lipinski definition) is 2. The zero-order chi connectivity index (χ0) is 13.6. The van der Waals surface area contributed by atoms with Gasteiger partial charge in [0, 0.05) is 10.8 Å². The molecule has 0 aliphatic heterocycles. The minimum atomic E-state index is -0.919. The van der Waals surface area contributed by atoms with Gasteiger partial charge in [-0.3, -0.25) is 4.79 Å². The second kappa shape index (κ2) is 4.63. The monoisotopic (exact) mass is 279 g/mol. The molecule has 1 aromatic rings. The van der Waals surface area contributed by atoms with Crippen molar-refractivity contribution in [2.24, 2.45) is 5.92 Å². The van der Waals surface area contributed by atoms with Crippen molar-refractivity contribution in [3.8, 4) is 0 Å². The Kier molecular flexibility index (Phi) is 3.09. The van der Waals surface area contributed by atoms with Gasteiger partial charge in [0.15, 0.2) is 0 Å². The lowest BCUT2D eigenvalue weighted by molar-refractivity contribution is -0.117. The maximum Gasteiger partial charge on any atom is 0.339 e. The van der Waals surface area contributed by atoms with E-state index in [0.717, 1.165) is 42.5 Å². The van der Waals surface area contributed by atoms with Crippen LogP contribution in [0.25, 0.3) is 0 Å². The molecular formula is C14H17NO3S. The van der Waals surface area contributed by atoms with Gasteiger partial charge in [-0.2, -0.15) is 0 Å². The van der Waals surface area contributed by atoms with E-state index in [1.54, 1.807) is 0 Å². The van der Waals surface area contributed by atoms with Crippen LogP contribution < -0.4 is 5.32 Å². The number of amides is 1. The Hall–Kier alpha value is -1.36. The first-order valence-electron chi connectivity index (χ1n) is 6.77. The Bertz CT molecular complexity index is 545. The zero-order valence-electron chi connectivity index (χ0n) is 10.9. The SMILES string of the molecule is CC1CCCc2sc(NC(=O)C3CC3)c(C(=O)O)c21. The Morgan fingerprint density at radius 1 is 1.32 bits per heavy atom. The van der Waals surface area contributed by atoms with Crippen LogP contribution in [0.4, 0.5) is 5.00 Å². The fourth-order valence-corrected chi connectivity index (χ4v) is 4.13. The van der Waals surface area contributed by atoms with Gasteiger partial charge in [-0.1, -0.05) is 6.92 Å². The number of carboxylic acid groups (broad SMARTS) is 1. The summed E-state index contributed by atoms with van der Waals surface area (Å²) in [6, 6.07) is 0. The van der Waals surface area contributed by atoms with E-state index in [9.17, 15) is 14.7 Å². The summed E-state index contributed by atoms with van der Waals surface area (Å²) in [5, 5.41) is 12.8. The standard InChI is InChI=1S/C14H17NO3S/c1-7-3-2-4-9-10(7)11(14(17)18)13(19-9)15-12(16)8-5-6-8/h7-8H,2-6H2,1H3,(H,15,16)(H,17,18). The van der Waals surface area contributed by atoms with Gasteiger partial charge in [0.05, 0.1) is 5.56 Å². The van der Waals surface area contributed by atoms with E-state index in [4.69, 9.17) is 0 Å². The molecule has 5 heteroatoms. The van der Waals surface area contributed by atoms with Gasteiger partial charge in [-0.25, -0.2) is 4.79 Å². The van der Waals surface area contributed by atoms with Crippen LogP contribution in [0.3, 0.4) is 0 Å². The second-order valence-corrected chi connectivity index (χ2v) is 6.61. The summed E-state index contributed by atoms with van der Waals surface area (Å²) in [6.45, 7) is 2.07. The summed E-state index contributed by atoms with van der Waals surface area (Å²) >= 11 is 1.45. The largest absolute Gasteiger partial charge is 0.478 e. The number of rotatable bonds is 3. The molecule has 3 rings (SSSR count). The van der Waals surface area contributed by atoms with Crippen molar-refractivity contribution in [2.75, 3.05) is 5.32 Å². The molecule has 2 N–H and O–H groups in total.